The molecule has 0 bridgehead atoms. The molecule has 386 valence electrons. The summed E-state index contributed by atoms with van der Waals surface area (Å²) in [6, 6.07) is 37.0. The molecular weight excluding hydrogens is 923 g/mol. The van der Waals surface area contributed by atoms with E-state index in [1.807, 2.05) is 110 Å². The van der Waals surface area contributed by atoms with E-state index in [9.17, 15) is 23.5 Å². The molecule has 2 atom stereocenters. The third-order valence-electron chi connectivity index (χ3n) is 12.4. The lowest BCUT2D eigenvalue weighted by atomic mass is 9.81. The molecule has 0 radical (unpaired) electrons. The molecule has 0 aromatic heterocycles. The Bertz CT molecular complexity index is 2820. The van der Waals surface area contributed by atoms with E-state index in [-0.39, 0.29) is 53.1 Å². The Morgan fingerprint density at radius 3 is 1.25 bits per heavy atom. The number of aliphatic carboxylic acids is 1. The number of methoxy groups -OCH3 is 3. The molecule has 8 nitrogen and oxygen atoms in total. The zero-order valence-corrected chi connectivity index (χ0v) is 44.3. The molecule has 73 heavy (non-hydrogen) atoms. The summed E-state index contributed by atoms with van der Waals surface area (Å²) in [6.07, 6.45) is 10.1. The molecule has 1 N–H and O–H groups in total. The van der Waals surface area contributed by atoms with Gasteiger partial charge in [0, 0.05) is 23.0 Å². The minimum atomic E-state index is -0.830. The second-order valence-electron chi connectivity index (χ2n) is 19.9. The monoisotopic (exact) mass is 995 g/mol. The van der Waals surface area contributed by atoms with E-state index in [4.69, 9.17) is 23.7 Å². The summed E-state index contributed by atoms with van der Waals surface area (Å²) in [4.78, 5) is 23.1. The highest BCUT2D eigenvalue weighted by Crippen LogP contribution is 2.39. The Hall–Kier alpha value is -7.20. The number of carboxylic acids is 1. The second-order valence-corrected chi connectivity index (χ2v) is 19.9. The standard InChI is InChI=1S/C32H37FO4.C31H35FO4/c1-7-8-9-24(19-31(34)36-6)23-11-13-25(14-12-23)37-21-22-10-16-29(32(2,3)4)27(18-22)28-20-26(35-5)15-17-30(28)33;1-6-7-8-23(18-30(33)34)22-10-12-24(13-11-22)36-20-21-9-15-28(31(2,3)4)26(17-21)27-19-25(35-5)14-16-29(27)32/h8-18,20,24H,7,19,21H2,1-6H3;7-17,19,23H,6,18,20H2,1-5H3,(H,33,34)/b9-8-;8-7-/t24-;23-/m00/s1. The Kier molecular flexibility index (Phi) is 20.6. The summed E-state index contributed by atoms with van der Waals surface area (Å²) < 4.78 is 57.4. The second kappa shape index (κ2) is 26.5. The molecule has 6 rings (SSSR count). The highest BCUT2D eigenvalue weighted by atomic mass is 19.1. The predicted octanol–water partition coefficient (Wildman–Crippen LogP) is 15.9. The number of benzene rings is 6. The van der Waals surface area contributed by atoms with Crippen LogP contribution in [-0.4, -0.2) is 38.4 Å². The van der Waals surface area contributed by atoms with Gasteiger partial charge in [0.1, 0.15) is 47.8 Å². The fraction of sp³-hybridized carbons (Fsp3) is 0.333. The number of carboxylic acid groups (broad SMARTS) is 1. The molecule has 0 fully saturated rings. The van der Waals surface area contributed by atoms with Crippen molar-refractivity contribution in [3.05, 3.63) is 191 Å². The van der Waals surface area contributed by atoms with Crippen LogP contribution >= 0.6 is 0 Å². The van der Waals surface area contributed by atoms with Crippen LogP contribution in [0.5, 0.6) is 23.0 Å². The van der Waals surface area contributed by atoms with Crippen molar-refractivity contribution < 1.29 is 47.2 Å². The van der Waals surface area contributed by atoms with E-state index in [0.29, 0.717) is 47.3 Å². The highest BCUT2D eigenvalue weighted by molar-refractivity contribution is 5.73. The Balaban J connectivity index is 0.000000271. The van der Waals surface area contributed by atoms with Gasteiger partial charge >= 0.3 is 11.9 Å². The van der Waals surface area contributed by atoms with Crippen molar-refractivity contribution >= 4 is 11.9 Å². The van der Waals surface area contributed by atoms with Gasteiger partial charge in [0.2, 0.25) is 0 Å². The van der Waals surface area contributed by atoms with Gasteiger partial charge < -0.3 is 28.8 Å². The van der Waals surface area contributed by atoms with Crippen molar-refractivity contribution in [2.75, 3.05) is 21.3 Å². The molecule has 0 aliphatic heterocycles. The zero-order valence-electron chi connectivity index (χ0n) is 44.3. The van der Waals surface area contributed by atoms with Crippen molar-refractivity contribution in [3.63, 3.8) is 0 Å². The van der Waals surface area contributed by atoms with Crippen LogP contribution in [-0.2, 0) is 38.4 Å². The number of rotatable bonds is 20. The average molecular weight is 995 g/mol. The lowest BCUT2D eigenvalue weighted by Crippen LogP contribution is -2.13. The van der Waals surface area contributed by atoms with Crippen LogP contribution in [0.1, 0.15) is 126 Å². The maximum Gasteiger partial charge on any atom is 0.306 e. The van der Waals surface area contributed by atoms with Gasteiger partial charge in [-0.1, -0.05) is 128 Å². The van der Waals surface area contributed by atoms with Gasteiger partial charge in [-0.25, -0.2) is 8.78 Å². The summed E-state index contributed by atoms with van der Waals surface area (Å²) in [5.41, 5.74) is 8.17. The van der Waals surface area contributed by atoms with E-state index in [2.05, 4.69) is 54.5 Å². The third kappa shape index (κ3) is 16.4. The highest BCUT2D eigenvalue weighted by Gasteiger charge is 2.24. The summed E-state index contributed by atoms with van der Waals surface area (Å²) in [7, 11) is 4.55. The maximum atomic E-state index is 14.9. The molecule has 0 aliphatic carbocycles. The van der Waals surface area contributed by atoms with Crippen LogP contribution < -0.4 is 18.9 Å². The molecule has 0 saturated heterocycles. The minimum Gasteiger partial charge on any atom is -0.497 e. The number of esters is 1. The predicted molar refractivity (Wildman–Crippen MR) is 289 cm³/mol. The molecule has 0 unspecified atom stereocenters. The van der Waals surface area contributed by atoms with Gasteiger partial charge in [-0.2, -0.15) is 0 Å². The zero-order chi connectivity index (χ0) is 53.3. The first-order valence-corrected chi connectivity index (χ1v) is 24.8. The molecule has 0 spiro atoms. The van der Waals surface area contributed by atoms with Gasteiger partial charge in [-0.3, -0.25) is 9.59 Å². The molecule has 0 heterocycles. The van der Waals surface area contributed by atoms with Crippen LogP contribution in [0.25, 0.3) is 22.3 Å². The SMILES string of the molecule is CC/C=C\[C@@H](CC(=O)O)c1ccc(OCc2ccc(C(C)(C)C)c(-c3cc(OC)ccc3F)c2)cc1.CC/C=C\[C@@H](CC(=O)OC)c1ccc(OCc2ccc(C(C)(C)C)c(-c3cc(OC)ccc3F)c2)cc1. The van der Waals surface area contributed by atoms with E-state index in [1.165, 1.54) is 19.2 Å². The molecule has 0 saturated carbocycles. The van der Waals surface area contributed by atoms with Crippen molar-refractivity contribution in [1.82, 2.24) is 0 Å². The van der Waals surface area contributed by atoms with Gasteiger partial charge in [0.15, 0.2) is 0 Å². The number of hydrogen-bond donors (Lipinski definition) is 1. The van der Waals surface area contributed by atoms with Crippen molar-refractivity contribution in [2.24, 2.45) is 0 Å². The molecule has 0 aliphatic rings. The van der Waals surface area contributed by atoms with Crippen molar-refractivity contribution in [3.8, 4) is 45.3 Å². The third-order valence-corrected chi connectivity index (χ3v) is 12.4. The summed E-state index contributed by atoms with van der Waals surface area (Å²) in [6.45, 7) is 17.4. The first-order chi connectivity index (χ1) is 34.8. The first-order valence-electron chi connectivity index (χ1n) is 24.8. The molecule has 10 heteroatoms. The van der Waals surface area contributed by atoms with E-state index in [0.717, 1.165) is 57.3 Å². The Labute approximate surface area is 431 Å². The number of carbonyl (C=O) groups is 2. The van der Waals surface area contributed by atoms with E-state index >= 15 is 0 Å². The number of ether oxygens (including phenoxy) is 5. The van der Waals surface area contributed by atoms with E-state index < -0.39 is 5.97 Å². The lowest BCUT2D eigenvalue weighted by molar-refractivity contribution is -0.141. The topological polar surface area (TPSA) is 101 Å². The van der Waals surface area contributed by atoms with Crippen molar-refractivity contribution in [2.45, 2.75) is 117 Å². The van der Waals surface area contributed by atoms with E-state index in [1.54, 1.807) is 38.5 Å². The molecule has 0 amide bonds. The molecular formula is C63H72F2O8. The van der Waals surface area contributed by atoms with Crippen LogP contribution in [0.2, 0.25) is 0 Å². The summed E-state index contributed by atoms with van der Waals surface area (Å²) >= 11 is 0. The average Bonchev–Trinajstić information content (AvgIpc) is 3.37. The molecule has 6 aromatic carbocycles. The Morgan fingerprint density at radius 1 is 0.521 bits per heavy atom. The lowest BCUT2D eigenvalue weighted by Gasteiger charge is -2.24. The summed E-state index contributed by atoms with van der Waals surface area (Å²) in [5, 5.41) is 9.24. The fourth-order valence-corrected chi connectivity index (χ4v) is 8.39. The largest absolute Gasteiger partial charge is 0.497 e. The van der Waals surface area contributed by atoms with Gasteiger partial charge in [-0.05, 0) is 141 Å². The first kappa shape index (κ1) is 56.7. The quantitative estimate of drug-likeness (QED) is 0.0596. The van der Waals surface area contributed by atoms with Crippen molar-refractivity contribution in [1.29, 1.82) is 0 Å². The number of allylic oxidation sites excluding steroid dienone is 4. The van der Waals surface area contributed by atoms with Crippen LogP contribution in [0.15, 0.2) is 146 Å². The van der Waals surface area contributed by atoms with Gasteiger partial charge in [0.25, 0.3) is 0 Å². The normalized spacial score (nSPS) is 12.5. The number of halogens is 2. The Morgan fingerprint density at radius 2 is 0.904 bits per heavy atom. The smallest absolute Gasteiger partial charge is 0.306 e. The van der Waals surface area contributed by atoms with Crippen LogP contribution in [0.4, 0.5) is 8.78 Å². The van der Waals surface area contributed by atoms with Gasteiger partial charge in [0.05, 0.1) is 34.2 Å². The van der Waals surface area contributed by atoms with Gasteiger partial charge in [-0.15, -0.1) is 0 Å². The maximum absolute atomic E-state index is 14.9. The molecule has 6 aromatic rings. The fourth-order valence-electron chi connectivity index (χ4n) is 8.39. The minimum absolute atomic E-state index is 0.0421. The summed E-state index contributed by atoms with van der Waals surface area (Å²) in [5.74, 6) is 0.710. The number of carbonyl (C=O) groups excluding carboxylic acids is 1. The van der Waals surface area contributed by atoms with Crippen LogP contribution in [0.3, 0.4) is 0 Å². The number of hydrogen-bond acceptors (Lipinski definition) is 7. The van der Waals surface area contributed by atoms with Crippen LogP contribution in [0, 0.1) is 11.6 Å².